The molecule has 0 fully saturated rings. The summed E-state index contributed by atoms with van der Waals surface area (Å²) in [5.74, 6) is -0.465. The van der Waals surface area contributed by atoms with Crippen molar-refractivity contribution in [1.29, 1.82) is 0 Å². The van der Waals surface area contributed by atoms with Crippen LogP contribution in [0.4, 0.5) is 0 Å². The van der Waals surface area contributed by atoms with Gasteiger partial charge in [0.1, 0.15) is 18.1 Å². The van der Waals surface area contributed by atoms with Crippen molar-refractivity contribution < 1.29 is 19.7 Å². The van der Waals surface area contributed by atoms with Crippen LogP contribution in [0.5, 0.6) is 11.5 Å². The molecule has 24 heavy (non-hydrogen) atoms. The normalized spacial score (nSPS) is 10.7. The van der Waals surface area contributed by atoms with E-state index < -0.39 is 5.97 Å². The fourth-order valence-corrected chi connectivity index (χ4v) is 3.14. The molecule has 6 heteroatoms. The Balaban J connectivity index is 2.40. The number of hydrogen-bond acceptors (Lipinski definition) is 4. The molecule has 124 valence electrons. The van der Waals surface area contributed by atoms with Crippen molar-refractivity contribution in [2.75, 3.05) is 6.61 Å². The lowest BCUT2D eigenvalue weighted by atomic mass is 10.2. The summed E-state index contributed by atoms with van der Waals surface area (Å²) in [4.78, 5) is 12.2. The maximum Gasteiger partial charge on any atom is 0.328 e. The maximum absolute atomic E-state index is 10.7. The number of halogens is 1. The first-order valence-electron chi connectivity index (χ1n) is 6.95. The van der Waals surface area contributed by atoms with Crippen LogP contribution in [0.15, 0.2) is 64.9 Å². The summed E-state index contributed by atoms with van der Waals surface area (Å²) in [5.41, 5.74) is 0.475. The molecular weight excluding hydrogens is 348 g/mol. The molecule has 2 aromatic rings. The molecule has 0 aliphatic heterocycles. The number of carbonyl (C=O) groups is 1. The minimum Gasteiger partial charge on any atom is -0.507 e. The summed E-state index contributed by atoms with van der Waals surface area (Å²) >= 11 is 7.61. The number of carboxylic acid groups (broad SMARTS) is 1. The lowest BCUT2D eigenvalue weighted by molar-refractivity contribution is -0.131. The highest BCUT2D eigenvalue weighted by Crippen LogP contribution is 2.39. The van der Waals surface area contributed by atoms with E-state index in [2.05, 4.69) is 6.58 Å². The summed E-state index contributed by atoms with van der Waals surface area (Å²) in [6.45, 7) is 3.85. The van der Waals surface area contributed by atoms with Crippen LogP contribution in [0, 0.1) is 0 Å². The Bertz CT molecular complexity index is 787. The zero-order valence-electron chi connectivity index (χ0n) is 12.6. The van der Waals surface area contributed by atoms with Crippen molar-refractivity contribution in [3.05, 3.63) is 65.7 Å². The van der Waals surface area contributed by atoms with Gasteiger partial charge in [0.05, 0.1) is 9.92 Å². The minimum absolute atomic E-state index is 0.169. The molecule has 0 spiro atoms. The van der Waals surface area contributed by atoms with E-state index in [1.54, 1.807) is 36.4 Å². The molecule has 0 aromatic heterocycles. The molecule has 0 saturated heterocycles. The van der Waals surface area contributed by atoms with Crippen molar-refractivity contribution in [3.8, 4) is 11.5 Å². The van der Waals surface area contributed by atoms with Crippen LogP contribution in [-0.4, -0.2) is 22.8 Å². The predicted molar refractivity (Wildman–Crippen MR) is 96.0 cm³/mol. The number of carboxylic acids is 1. The highest BCUT2D eigenvalue weighted by atomic mass is 35.5. The number of hydrogen-bond donors (Lipinski definition) is 2. The number of aliphatic carboxylic acids is 1. The molecule has 2 N–H and O–H groups in total. The van der Waals surface area contributed by atoms with E-state index in [-0.39, 0.29) is 12.4 Å². The summed E-state index contributed by atoms with van der Waals surface area (Å²) < 4.78 is 5.59. The second-order valence-electron chi connectivity index (χ2n) is 4.66. The molecule has 2 rings (SSSR count). The van der Waals surface area contributed by atoms with E-state index in [0.717, 1.165) is 11.0 Å². The molecule has 0 aliphatic rings. The summed E-state index contributed by atoms with van der Waals surface area (Å²) in [6, 6.07) is 10.4. The lowest BCUT2D eigenvalue weighted by Gasteiger charge is -2.12. The minimum atomic E-state index is -1.08. The summed E-state index contributed by atoms with van der Waals surface area (Å²) in [5, 5.41) is 19.0. The molecule has 0 saturated carbocycles. The SMILES string of the molecule is C=CCOc1cc(Sc2ccccc2O)cc(Cl)c1/C=C/C(=O)O. The molecule has 0 heterocycles. The summed E-state index contributed by atoms with van der Waals surface area (Å²) in [6.07, 6.45) is 3.97. The molecule has 0 aliphatic carbocycles. The van der Waals surface area contributed by atoms with E-state index in [1.165, 1.54) is 17.8 Å². The molecule has 0 radical (unpaired) electrons. The zero-order chi connectivity index (χ0) is 17.5. The van der Waals surface area contributed by atoms with Crippen molar-refractivity contribution >= 4 is 35.4 Å². The molecule has 0 bridgehead atoms. The van der Waals surface area contributed by atoms with Gasteiger partial charge in [0.25, 0.3) is 0 Å². The van der Waals surface area contributed by atoms with Crippen molar-refractivity contribution in [2.24, 2.45) is 0 Å². The first kappa shape index (κ1) is 18.0. The van der Waals surface area contributed by atoms with Gasteiger partial charge in [-0.15, -0.1) is 0 Å². The van der Waals surface area contributed by atoms with Gasteiger partial charge >= 0.3 is 5.97 Å². The third-order valence-electron chi connectivity index (χ3n) is 2.91. The molecule has 4 nitrogen and oxygen atoms in total. The lowest BCUT2D eigenvalue weighted by Crippen LogP contribution is -1.97. The third-order valence-corrected chi connectivity index (χ3v) is 4.26. The Morgan fingerprint density at radius 1 is 1.33 bits per heavy atom. The smallest absolute Gasteiger partial charge is 0.328 e. The number of para-hydroxylation sites is 1. The molecule has 0 unspecified atom stereocenters. The van der Waals surface area contributed by atoms with Gasteiger partial charge in [0.2, 0.25) is 0 Å². The van der Waals surface area contributed by atoms with Crippen LogP contribution in [0.1, 0.15) is 5.56 Å². The number of phenolic OH excluding ortho intramolecular Hbond substituents is 1. The quantitative estimate of drug-likeness (QED) is 0.544. The Kier molecular flexibility index (Phi) is 6.35. The van der Waals surface area contributed by atoms with E-state index >= 15 is 0 Å². The molecular formula is C18H15ClO4S. The van der Waals surface area contributed by atoms with Gasteiger partial charge in [-0.2, -0.15) is 0 Å². The van der Waals surface area contributed by atoms with Crippen LogP contribution in [0.3, 0.4) is 0 Å². The van der Waals surface area contributed by atoms with Gasteiger partial charge in [-0.1, -0.05) is 48.2 Å². The average Bonchev–Trinajstić information content (AvgIpc) is 2.54. The predicted octanol–water partition coefficient (Wildman–Crippen LogP) is 4.86. The second-order valence-corrected chi connectivity index (χ2v) is 6.18. The Labute approximate surface area is 149 Å². The van der Waals surface area contributed by atoms with Crippen molar-refractivity contribution in [3.63, 3.8) is 0 Å². The number of aromatic hydroxyl groups is 1. The zero-order valence-corrected chi connectivity index (χ0v) is 14.2. The molecule has 0 atom stereocenters. The molecule has 0 amide bonds. The second kappa shape index (κ2) is 8.47. The number of benzene rings is 2. The number of rotatable bonds is 7. The van der Waals surface area contributed by atoms with Crippen LogP contribution in [0.25, 0.3) is 6.08 Å². The van der Waals surface area contributed by atoms with Crippen molar-refractivity contribution in [1.82, 2.24) is 0 Å². The monoisotopic (exact) mass is 362 g/mol. The van der Waals surface area contributed by atoms with Gasteiger partial charge in [-0.3, -0.25) is 0 Å². The standard InChI is InChI=1S/C18H15ClO4S/c1-2-9-23-16-11-12(24-17-6-4-3-5-15(17)20)10-14(19)13(16)7-8-18(21)22/h2-8,10-11,20H,1,9H2,(H,21,22)/b8-7+. The highest BCUT2D eigenvalue weighted by molar-refractivity contribution is 7.99. The topological polar surface area (TPSA) is 66.8 Å². The Hall–Kier alpha value is -2.37. The largest absolute Gasteiger partial charge is 0.507 e. The van der Waals surface area contributed by atoms with Gasteiger partial charge in [0.15, 0.2) is 0 Å². The summed E-state index contributed by atoms with van der Waals surface area (Å²) in [7, 11) is 0. The van der Waals surface area contributed by atoms with Crippen molar-refractivity contribution in [2.45, 2.75) is 9.79 Å². The average molecular weight is 363 g/mol. The first-order chi connectivity index (χ1) is 11.5. The van der Waals surface area contributed by atoms with Gasteiger partial charge in [-0.25, -0.2) is 4.79 Å². The van der Waals surface area contributed by atoms with Crippen LogP contribution >= 0.6 is 23.4 Å². The van der Waals surface area contributed by atoms with Crippen LogP contribution in [0.2, 0.25) is 5.02 Å². The Morgan fingerprint density at radius 2 is 2.08 bits per heavy atom. The van der Waals surface area contributed by atoms with Crippen LogP contribution in [-0.2, 0) is 4.79 Å². The number of ether oxygens (including phenoxy) is 1. The van der Waals surface area contributed by atoms with Crippen LogP contribution < -0.4 is 4.74 Å². The fourth-order valence-electron chi connectivity index (χ4n) is 1.88. The number of phenols is 1. The third kappa shape index (κ3) is 4.81. The Morgan fingerprint density at radius 3 is 2.75 bits per heavy atom. The van der Waals surface area contributed by atoms with E-state index in [1.807, 2.05) is 6.07 Å². The van der Waals surface area contributed by atoms with Gasteiger partial charge < -0.3 is 14.9 Å². The molecule has 2 aromatic carbocycles. The first-order valence-corrected chi connectivity index (χ1v) is 8.15. The van der Waals surface area contributed by atoms with E-state index in [0.29, 0.717) is 21.2 Å². The van der Waals surface area contributed by atoms with Gasteiger partial charge in [0, 0.05) is 16.5 Å². The fraction of sp³-hybridized carbons (Fsp3) is 0.0556. The van der Waals surface area contributed by atoms with Gasteiger partial charge in [-0.05, 0) is 30.3 Å². The van der Waals surface area contributed by atoms with E-state index in [4.69, 9.17) is 21.4 Å². The van der Waals surface area contributed by atoms with E-state index in [9.17, 15) is 9.90 Å². The highest BCUT2D eigenvalue weighted by Gasteiger charge is 2.11. The maximum atomic E-state index is 10.7.